The van der Waals surface area contributed by atoms with Crippen LogP contribution >= 0.6 is 0 Å². The Balaban J connectivity index is 2.32. The number of aliphatic hydroxyl groups is 4. The molecule has 57 heavy (non-hydrogen) atoms. The van der Waals surface area contributed by atoms with Gasteiger partial charge in [0.25, 0.3) is 0 Å². The topological polar surface area (TPSA) is 152 Å². The van der Waals surface area contributed by atoms with Gasteiger partial charge in [-0.15, -0.1) is 0 Å². The van der Waals surface area contributed by atoms with Gasteiger partial charge in [0.15, 0.2) is 12.4 Å². The Kier molecular flexibility index (Phi) is 35.4. The summed E-state index contributed by atoms with van der Waals surface area (Å²) in [5.41, 5.74) is 0. The predicted octanol–water partition coefficient (Wildman–Crippen LogP) is 9.89. The third-order valence-electron chi connectivity index (χ3n) is 10.5. The SMILES string of the molecule is CCCC/C=C/CCCCCCCCCCCC(=O)O[C@@H](COC(=O)CCCCCCCCC/C=C/C/C=C/CCCCC)CO[C@H]1O[C@@H](CO)[C@@H](O)C(O)C1O. The number of allylic oxidation sites excluding steroid dienone is 6. The van der Waals surface area contributed by atoms with Gasteiger partial charge in [0.1, 0.15) is 31.0 Å². The monoisotopic (exact) mass is 809 g/mol. The molecule has 0 aromatic rings. The minimum absolute atomic E-state index is 0.221. The molecule has 0 spiro atoms. The first-order valence-corrected chi connectivity index (χ1v) is 23.1. The molecular weight excluding hydrogens is 725 g/mol. The number of carbonyl (C=O) groups excluding carboxylic acids is 2. The predicted molar refractivity (Wildman–Crippen MR) is 229 cm³/mol. The second kappa shape index (κ2) is 38.1. The molecule has 1 aliphatic rings. The first kappa shape index (κ1) is 52.9. The van der Waals surface area contributed by atoms with Crippen LogP contribution < -0.4 is 0 Å². The van der Waals surface area contributed by atoms with E-state index in [0.717, 1.165) is 57.8 Å². The Bertz CT molecular complexity index is 1030. The highest BCUT2D eigenvalue weighted by Gasteiger charge is 2.44. The summed E-state index contributed by atoms with van der Waals surface area (Å²) in [6, 6.07) is 0. The van der Waals surface area contributed by atoms with Gasteiger partial charge in [0.05, 0.1) is 13.2 Å². The lowest BCUT2D eigenvalue weighted by atomic mass is 9.99. The van der Waals surface area contributed by atoms with E-state index in [1.54, 1.807) is 0 Å². The first-order chi connectivity index (χ1) is 27.8. The number of hydrogen-bond acceptors (Lipinski definition) is 10. The third-order valence-corrected chi connectivity index (χ3v) is 10.5. The fourth-order valence-electron chi connectivity index (χ4n) is 6.79. The molecular formula is C47H84O10. The van der Waals surface area contributed by atoms with Crippen LogP contribution in [0.4, 0.5) is 0 Å². The summed E-state index contributed by atoms with van der Waals surface area (Å²) in [7, 11) is 0. The van der Waals surface area contributed by atoms with Crippen molar-refractivity contribution in [2.24, 2.45) is 0 Å². The number of rotatable bonds is 38. The van der Waals surface area contributed by atoms with Gasteiger partial charge in [-0.2, -0.15) is 0 Å². The van der Waals surface area contributed by atoms with Crippen LogP contribution in [0.2, 0.25) is 0 Å². The van der Waals surface area contributed by atoms with E-state index in [1.807, 2.05) is 0 Å². The molecule has 0 aromatic heterocycles. The van der Waals surface area contributed by atoms with E-state index in [4.69, 9.17) is 18.9 Å². The van der Waals surface area contributed by atoms with Gasteiger partial charge in [-0.1, -0.05) is 153 Å². The van der Waals surface area contributed by atoms with Crippen molar-refractivity contribution in [3.63, 3.8) is 0 Å². The second-order valence-electron chi connectivity index (χ2n) is 15.8. The highest BCUT2D eigenvalue weighted by Crippen LogP contribution is 2.23. The van der Waals surface area contributed by atoms with Crippen molar-refractivity contribution in [3.05, 3.63) is 36.5 Å². The van der Waals surface area contributed by atoms with Crippen LogP contribution in [0.25, 0.3) is 0 Å². The van der Waals surface area contributed by atoms with Crippen molar-refractivity contribution >= 4 is 11.9 Å². The van der Waals surface area contributed by atoms with Gasteiger partial charge in [-0.3, -0.25) is 9.59 Å². The van der Waals surface area contributed by atoms with Crippen molar-refractivity contribution in [1.29, 1.82) is 0 Å². The van der Waals surface area contributed by atoms with Crippen LogP contribution in [0.3, 0.4) is 0 Å². The average molecular weight is 809 g/mol. The van der Waals surface area contributed by atoms with E-state index in [-0.39, 0.29) is 32.0 Å². The number of aliphatic hydroxyl groups excluding tert-OH is 4. The summed E-state index contributed by atoms with van der Waals surface area (Å²) in [6.07, 6.45) is 35.7. The lowest BCUT2D eigenvalue weighted by Gasteiger charge is -2.39. The maximum atomic E-state index is 12.8. The van der Waals surface area contributed by atoms with E-state index in [2.05, 4.69) is 50.3 Å². The molecule has 332 valence electrons. The molecule has 4 N–H and O–H groups in total. The molecule has 2 unspecified atom stereocenters. The van der Waals surface area contributed by atoms with Gasteiger partial charge >= 0.3 is 11.9 Å². The molecule has 6 atom stereocenters. The third kappa shape index (κ3) is 29.7. The van der Waals surface area contributed by atoms with E-state index in [1.165, 1.54) is 103 Å². The van der Waals surface area contributed by atoms with Crippen LogP contribution in [-0.2, 0) is 28.5 Å². The van der Waals surface area contributed by atoms with Crippen LogP contribution in [0.5, 0.6) is 0 Å². The molecule has 0 amide bonds. The highest BCUT2D eigenvalue weighted by atomic mass is 16.7. The molecule has 10 heteroatoms. The maximum Gasteiger partial charge on any atom is 0.306 e. The van der Waals surface area contributed by atoms with E-state index >= 15 is 0 Å². The normalized spacial score (nSPS) is 20.6. The molecule has 0 aliphatic carbocycles. The minimum atomic E-state index is -1.60. The van der Waals surface area contributed by atoms with Crippen LogP contribution in [-0.4, -0.2) is 89.0 Å². The zero-order valence-electron chi connectivity index (χ0n) is 36.1. The maximum absolute atomic E-state index is 12.8. The van der Waals surface area contributed by atoms with Crippen molar-refractivity contribution in [2.45, 2.75) is 230 Å². The lowest BCUT2D eigenvalue weighted by Crippen LogP contribution is -2.59. The molecule has 10 nitrogen and oxygen atoms in total. The zero-order valence-corrected chi connectivity index (χ0v) is 36.1. The molecule has 0 radical (unpaired) electrons. The van der Waals surface area contributed by atoms with Gasteiger partial charge in [0.2, 0.25) is 0 Å². The van der Waals surface area contributed by atoms with E-state index in [0.29, 0.717) is 6.42 Å². The number of hydrogen-bond donors (Lipinski definition) is 4. The largest absolute Gasteiger partial charge is 0.462 e. The van der Waals surface area contributed by atoms with Crippen LogP contribution in [0.15, 0.2) is 36.5 Å². The van der Waals surface area contributed by atoms with E-state index in [9.17, 15) is 30.0 Å². The summed E-state index contributed by atoms with van der Waals surface area (Å²) < 4.78 is 22.2. The van der Waals surface area contributed by atoms with Crippen LogP contribution in [0.1, 0.15) is 194 Å². The zero-order chi connectivity index (χ0) is 41.6. The Morgan fingerprint density at radius 2 is 1.00 bits per heavy atom. The molecule has 0 bridgehead atoms. The summed E-state index contributed by atoms with van der Waals surface area (Å²) in [5, 5.41) is 40.1. The fraction of sp³-hybridized carbons (Fsp3) is 0.830. The fourth-order valence-corrected chi connectivity index (χ4v) is 6.79. The number of ether oxygens (including phenoxy) is 4. The molecule has 1 saturated heterocycles. The molecule has 1 heterocycles. The standard InChI is InChI=1S/C47H84O10/c1-3-5-7-9-11-13-15-17-19-20-22-23-25-27-29-31-33-35-42(49)54-38-40(39-55-47-46(53)45(52)44(51)41(37-48)57-47)56-43(50)36-34-32-30-28-26-24-21-18-16-14-12-10-8-6-4-2/h10-13,17,19,40-41,44-48,51-53H,3-9,14-16,18,20-39H2,1-2H3/b12-10+,13-11+,19-17+/t40-,41-,44+,45?,46?,47-/m0/s1. The lowest BCUT2D eigenvalue weighted by molar-refractivity contribution is -0.305. The van der Waals surface area contributed by atoms with Crippen molar-refractivity contribution in [3.8, 4) is 0 Å². The Labute approximate surface area is 346 Å². The summed E-state index contributed by atoms with van der Waals surface area (Å²) in [5.74, 6) is -0.815. The molecule has 1 fully saturated rings. The van der Waals surface area contributed by atoms with Crippen molar-refractivity contribution in [2.75, 3.05) is 19.8 Å². The van der Waals surface area contributed by atoms with Crippen molar-refractivity contribution in [1.82, 2.24) is 0 Å². The van der Waals surface area contributed by atoms with Crippen LogP contribution in [0, 0.1) is 0 Å². The average Bonchev–Trinajstić information content (AvgIpc) is 3.21. The number of esters is 2. The molecule has 1 rings (SSSR count). The van der Waals surface area contributed by atoms with Crippen molar-refractivity contribution < 1.29 is 49.0 Å². The minimum Gasteiger partial charge on any atom is -0.462 e. The molecule has 1 aliphatic heterocycles. The van der Waals surface area contributed by atoms with Gasteiger partial charge in [0, 0.05) is 12.8 Å². The smallest absolute Gasteiger partial charge is 0.306 e. The second-order valence-corrected chi connectivity index (χ2v) is 15.8. The quantitative estimate of drug-likeness (QED) is 0.0270. The number of carbonyl (C=O) groups is 2. The van der Waals surface area contributed by atoms with Gasteiger partial charge in [-0.25, -0.2) is 0 Å². The number of unbranched alkanes of at least 4 members (excludes halogenated alkanes) is 21. The van der Waals surface area contributed by atoms with Gasteiger partial charge in [-0.05, 0) is 64.2 Å². The van der Waals surface area contributed by atoms with E-state index < -0.39 is 49.4 Å². The summed E-state index contributed by atoms with van der Waals surface area (Å²) >= 11 is 0. The Hall–Kier alpha value is -2.08. The highest BCUT2D eigenvalue weighted by molar-refractivity contribution is 5.70. The molecule has 0 saturated carbocycles. The summed E-state index contributed by atoms with van der Waals surface area (Å²) in [4.78, 5) is 25.3. The van der Waals surface area contributed by atoms with Gasteiger partial charge < -0.3 is 39.4 Å². The Morgan fingerprint density at radius 1 is 0.544 bits per heavy atom. The molecule has 0 aromatic carbocycles. The Morgan fingerprint density at radius 3 is 1.53 bits per heavy atom. The summed E-state index contributed by atoms with van der Waals surface area (Å²) in [6.45, 7) is 3.36. The first-order valence-electron chi connectivity index (χ1n) is 23.1.